The standard InChI is InChI=1S/C11H22O2.C6H14O4.C4H10O/c1-4-5-6-7-8-13-11(12)9-10(2)3;7-1-3-9-5-6-10-4-2-8;1-3-5-4-2/h10H,4-9H2,1-3H3;7-8H,1-6H2;3-4H2,1-2H3. The summed E-state index contributed by atoms with van der Waals surface area (Å²) < 4.78 is 19.6. The van der Waals surface area contributed by atoms with E-state index in [0.717, 1.165) is 19.6 Å². The minimum absolute atomic E-state index is 0.0417. The second kappa shape index (κ2) is 31.0. The van der Waals surface area contributed by atoms with Gasteiger partial charge in [0.05, 0.1) is 46.2 Å². The van der Waals surface area contributed by atoms with Crippen LogP contribution in [0.15, 0.2) is 0 Å². The quantitative estimate of drug-likeness (QED) is 0.298. The summed E-state index contributed by atoms with van der Waals surface area (Å²) in [6.45, 7) is 14.2. The van der Waals surface area contributed by atoms with Crippen molar-refractivity contribution in [3.05, 3.63) is 0 Å². The van der Waals surface area contributed by atoms with Crippen LogP contribution in [0.1, 0.15) is 66.7 Å². The molecular formula is C21H46O7. The zero-order valence-corrected chi connectivity index (χ0v) is 18.9. The molecule has 0 aromatic rings. The first-order valence-electron chi connectivity index (χ1n) is 10.6. The van der Waals surface area contributed by atoms with Crippen LogP contribution < -0.4 is 0 Å². The van der Waals surface area contributed by atoms with Crippen LogP contribution in [0.25, 0.3) is 0 Å². The lowest BCUT2D eigenvalue weighted by atomic mass is 10.1. The van der Waals surface area contributed by atoms with Crippen LogP contribution in [0, 0.1) is 5.92 Å². The number of hydrogen-bond donors (Lipinski definition) is 2. The number of carbonyl (C=O) groups excluding carboxylic acids is 1. The Balaban J connectivity index is -0.000000368. The van der Waals surface area contributed by atoms with Crippen LogP contribution in [-0.2, 0) is 23.7 Å². The first-order valence-corrected chi connectivity index (χ1v) is 10.6. The fourth-order valence-corrected chi connectivity index (χ4v) is 1.76. The van der Waals surface area contributed by atoms with Gasteiger partial charge in [0.15, 0.2) is 0 Å². The first kappa shape index (κ1) is 31.9. The normalized spacial score (nSPS) is 10.0. The molecule has 0 saturated carbocycles. The summed E-state index contributed by atoms with van der Waals surface area (Å²) in [6, 6.07) is 0. The van der Waals surface area contributed by atoms with Gasteiger partial charge in [-0.1, -0.05) is 40.0 Å². The van der Waals surface area contributed by atoms with Crippen molar-refractivity contribution in [3.63, 3.8) is 0 Å². The van der Waals surface area contributed by atoms with Crippen LogP contribution in [0.4, 0.5) is 0 Å². The van der Waals surface area contributed by atoms with Crippen LogP contribution >= 0.6 is 0 Å². The third-order valence-electron chi connectivity index (χ3n) is 3.09. The van der Waals surface area contributed by atoms with Gasteiger partial charge in [-0.15, -0.1) is 0 Å². The summed E-state index contributed by atoms with van der Waals surface area (Å²) in [7, 11) is 0. The average Bonchev–Trinajstić information content (AvgIpc) is 2.65. The van der Waals surface area contributed by atoms with Crippen molar-refractivity contribution >= 4 is 5.97 Å². The monoisotopic (exact) mass is 410 g/mol. The van der Waals surface area contributed by atoms with Crippen LogP contribution in [-0.4, -0.2) is 75.6 Å². The van der Waals surface area contributed by atoms with E-state index >= 15 is 0 Å². The van der Waals surface area contributed by atoms with E-state index < -0.39 is 0 Å². The summed E-state index contributed by atoms with van der Waals surface area (Å²) in [5, 5.41) is 16.5. The van der Waals surface area contributed by atoms with Crippen LogP contribution in [0.2, 0.25) is 0 Å². The molecule has 0 spiro atoms. The summed E-state index contributed by atoms with van der Waals surface area (Å²) >= 11 is 0. The molecule has 0 rings (SSSR count). The largest absolute Gasteiger partial charge is 0.466 e. The van der Waals surface area contributed by atoms with E-state index in [2.05, 4.69) is 6.92 Å². The number of carbonyl (C=O) groups is 1. The van der Waals surface area contributed by atoms with Gasteiger partial charge in [0, 0.05) is 19.6 Å². The minimum atomic E-state index is -0.0495. The predicted molar refractivity (Wildman–Crippen MR) is 113 cm³/mol. The van der Waals surface area contributed by atoms with Crippen molar-refractivity contribution < 1.29 is 34.0 Å². The van der Waals surface area contributed by atoms with Gasteiger partial charge < -0.3 is 29.2 Å². The zero-order valence-electron chi connectivity index (χ0n) is 18.9. The molecule has 0 aliphatic heterocycles. The molecule has 0 bridgehead atoms. The van der Waals surface area contributed by atoms with Gasteiger partial charge in [-0.3, -0.25) is 4.79 Å². The summed E-state index contributed by atoms with van der Waals surface area (Å²) in [6.07, 6.45) is 5.19. The van der Waals surface area contributed by atoms with Gasteiger partial charge in [-0.05, 0) is 26.2 Å². The highest BCUT2D eigenvalue weighted by atomic mass is 16.5. The van der Waals surface area contributed by atoms with Crippen molar-refractivity contribution in [2.24, 2.45) is 5.92 Å². The molecular weight excluding hydrogens is 364 g/mol. The number of ether oxygens (including phenoxy) is 4. The Labute approximate surface area is 172 Å². The number of aliphatic hydroxyl groups is 2. The highest BCUT2D eigenvalue weighted by molar-refractivity contribution is 5.69. The molecule has 7 nitrogen and oxygen atoms in total. The molecule has 0 radical (unpaired) electrons. The number of hydrogen-bond acceptors (Lipinski definition) is 7. The number of rotatable bonds is 16. The van der Waals surface area contributed by atoms with Crippen molar-refractivity contribution in [1.29, 1.82) is 0 Å². The topological polar surface area (TPSA) is 94.5 Å². The molecule has 0 aliphatic carbocycles. The second-order valence-corrected chi connectivity index (χ2v) is 6.33. The van der Waals surface area contributed by atoms with Gasteiger partial charge >= 0.3 is 5.97 Å². The van der Waals surface area contributed by atoms with Gasteiger partial charge in [0.2, 0.25) is 0 Å². The van der Waals surface area contributed by atoms with Crippen molar-refractivity contribution in [2.45, 2.75) is 66.7 Å². The molecule has 0 aromatic carbocycles. The molecule has 0 heterocycles. The minimum Gasteiger partial charge on any atom is -0.466 e. The van der Waals surface area contributed by atoms with E-state index in [1.165, 1.54) is 19.3 Å². The van der Waals surface area contributed by atoms with E-state index in [9.17, 15) is 4.79 Å². The molecule has 0 fully saturated rings. The van der Waals surface area contributed by atoms with Gasteiger partial charge in [-0.25, -0.2) is 0 Å². The van der Waals surface area contributed by atoms with E-state index in [-0.39, 0.29) is 19.2 Å². The highest BCUT2D eigenvalue weighted by Gasteiger charge is 2.04. The number of aliphatic hydroxyl groups excluding tert-OH is 2. The SMILES string of the molecule is CCCCCCOC(=O)CC(C)C.CCOCC.OCCOCCOCCO. The summed E-state index contributed by atoms with van der Waals surface area (Å²) in [5.41, 5.74) is 0. The maximum absolute atomic E-state index is 11.1. The van der Waals surface area contributed by atoms with E-state index in [4.69, 9.17) is 29.2 Å². The fourth-order valence-electron chi connectivity index (χ4n) is 1.76. The highest BCUT2D eigenvalue weighted by Crippen LogP contribution is 2.03. The van der Waals surface area contributed by atoms with Crippen molar-refractivity contribution in [2.75, 3.05) is 59.5 Å². The zero-order chi connectivity index (χ0) is 21.9. The molecule has 7 heteroatoms. The van der Waals surface area contributed by atoms with E-state index in [0.29, 0.717) is 45.4 Å². The summed E-state index contributed by atoms with van der Waals surface area (Å²) in [4.78, 5) is 11.1. The Morgan fingerprint density at radius 2 is 1.29 bits per heavy atom. The smallest absolute Gasteiger partial charge is 0.306 e. The fraction of sp³-hybridized carbons (Fsp3) is 0.952. The lowest BCUT2D eigenvalue weighted by molar-refractivity contribution is -0.144. The van der Waals surface area contributed by atoms with Crippen molar-refractivity contribution in [1.82, 2.24) is 0 Å². The van der Waals surface area contributed by atoms with E-state index in [1.807, 2.05) is 27.7 Å². The molecule has 0 amide bonds. The lowest BCUT2D eigenvalue weighted by Crippen LogP contribution is -2.09. The third kappa shape index (κ3) is 40.1. The Bertz CT molecular complexity index is 263. The van der Waals surface area contributed by atoms with Crippen LogP contribution in [0.5, 0.6) is 0 Å². The maximum atomic E-state index is 11.1. The molecule has 0 aliphatic rings. The maximum Gasteiger partial charge on any atom is 0.306 e. The second-order valence-electron chi connectivity index (χ2n) is 6.33. The first-order chi connectivity index (χ1) is 13.5. The Hall–Kier alpha value is -0.730. The summed E-state index contributed by atoms with van der Waals surface area (Å²) in [5.74, 6) is 0.356. The van der Waals surface area contributed by atoms with Gasteiger partial charge in [-0.2, -0.15) is 0 Å². The van der Waals surface area contributed by atoms with E-state index in [1.54, 1.807) is 0 Å². The molecule has 0 atom stereocenters. The molecule has 0 aromatic heterocycles. The number of unbranched alkanes of at least 4 members (excludes halogenated alkanes) is 3. The van der Waals surface area contributed by atoms with Gasteiger partial charge in [0.1, 0.15) is 0 Å². The molecule has 0 saturated heterocycles. The Morgan fingerprint density at radius 3 is 1.64 bits per heavy atom. The molecule has 0 unspecified atom stereocenters. The Kier molecular flexibility index (Phi) is 35.3. The molecule has 172 valence electrons. The number of esters is 1. The van der Waals surface area contributed by atoms with Crippen molar-refractivity contribution in [3.8, 4) is 0 Å². The molecule has 2 N–H and O–H groups in total. The average molecular weight is 411 g/mol. The lowest BCUT2D eigenvalue weighted by Gasteiger charge is -2.05. The Morgan fingerprint density at radius 1 is 0.750 bits per heavy atom. The third-order valence-corrected chi connectivity index (χ3v) is 3.09. The van der Waals surface area contributed by atoms with Crippen LogP contribution in [0.3, 0.4) is 0 Å². The van der Waals surface area contributed by atoms with Gasteiger partial charge in [0.25, 0.3) is 0 Å². The molecule has 28 heavy (non-hydrogen) atoms. The predicted octanol–water partition coefficient (Wildman–Crippen LogP) is 3.20.